The maximum absolute atomic E-state index is 12.2. The van der Waals surface area contributed by atoms with Gasteiger partial charge in [-0.25, -0.2) is 4.98 Å². The molecule has 4 heterocycles. The number of ether oxygens (including phenoxy) is 1. The van der Waals surface area contributed by atoms with Gasteiger partial charge in [0.05, 0.1) is 30.3 Å². The van der Waals surface area contributed by atoms with Gasteiger partial charge in [0.15, 0.2) is 0 Å². The van der Waals surface area contributed by atoms with Gasteiger partial charge < -0.3 is 9.64 Å². The Labute approximate surface area is 138 Å². The van der Waals surface area contributed by atoms with Crippen LogP contribution in [0.1, 0.15) is 17.4 Å². The molecule has 1 N–H and O–H groups in total. The molecule has 3 aromatic heterocycles. The van der Waals surface area contributed by atoms with Crippen LogP contribution in [0.15, 0.2) is 41.6 Å². The van der Waals surface area contributed by atoms with Gasteiger partial charge in [-0.3, -0.25) is 19.7 Å². The maximum Gasteiger partial charge on any atom is 0.260 e. The maximum atomic E-state index is 12.2. The molecule has 1 atom stereocenters. The molecule has 1 aliphatic heterocycles. The summed E-state index contributed by atoms with van der Waals surface area (Å²) in [4.78, 5) is 30.0. The van der Waals surface area contributed by atoms with Crippen LogP contribution in [0.2, 0.25) is 0 Å². The third-order valence-corrected chi connectivity index (χ3v) is 4.15. The molecule has 0 radical (unpaired) electrons. The molecule has 1 saturated heterocycles. The Hall–Kier alpha value is -2.80. The SMILES string of the molecule is Cc1cc(C2CN(c3nc4cnccc4c(=O)[nH]3)CCO2)ccn1. The Morgan fingerprint density at radius 3 is 3.12 bits per heavy atom. The summed E-state index contributed by atoms with van der Waals surface area (Å²) in [6.45, 7) is 3.83. The van der Waals surface area contributed by atoms with E-state index in [1.165, 1.54) is 0 Å². The average molecular weight is 323 g/mol. The lowest BCUT2D eigenvalue weighted by Gasteiger charge is -2.33. The number of aryl methyl sites for hydroxylation is 1. The van der Waals surface area contributed by atoms with Gasteiger partial charge in [-0.1, -0.05) is 0 Å². The predicted molar refractivity (Wildman–Crippen MR) is 90.0 cm³/mol. The number of hydrogen-bond donors (Lipinski definition) is 1. The van der Waals surface area contributed by atoms with E-state index in [0.717, 1.165) is 11.3 Å². The zero-order valence-electron chi connectivity index (χ0n) is 13.3. The highest BCUT2D eigenvalue weighted by molar-refractivity contribution is 5.77. The van der Waals surface area contributed by atoms with Crippen molar-refractivity contribution in [3.05, 3.63) is 58.4 Å². The van der Waals surface area contributed by atoms with E-state index in [1.807, 2.05) is 24.0 Å². The second-order valence-electron chi connectivity index (χ2n) is 5.82. The first-order chi connectivity index (χ1) is 11.7. The molecule has 7 heteroatoms. The normalized spacial score (nSPS) is 18.0. The summed E-state index contributed by atoms with van der Waals surface area (Å²) in [6.07, 6.45) is 4.91. The third-order valence-electron chi connectivity index (χ3n) is 4.15. The van der Waals surface area contributed by atoms with Crippen molar-refractivity contribution >= 4 is 16.9 Å². The number of anilines is 1. The molecular formula is C17H17N5O2. The molecule has 1 unspecified atom stereocenters. The van der Waals surface area contributed by atoms with Crippen molar-refractivity contribution < 1.29 is 4.74 Å². The van der Waals surface area contributed by atoms with E-state index < -0.39 is 0 Å². The molecule has 24 heavy (non-hydrogen) atoms. The van der Waals surface area contributed by atoms with Crippen LogP contribution in [0.5, 0.6) is 0 Å². The minimum Gasteiger partial charge on any atom is -0.370 e. The Kier molecular flexibility index (Phi) is 3.70. The van der Waals surface area contributed by atoms with Crippen molar-refractivity contribution in [2.75, 3.05) is 24.6 Å². The smallest absolute Gasteiger partial charge is 0.260 e. The van der Waals surface area contributed by atoms with E-state index in [2.05, 4.69) is 19.9 Å². The summed E-state index contributed by atoms with van der Waals surface area (Å²) in [5.41, 5.74) is 2.48. The van der Waals surface area contributed by atoms with Gasteiger partial charge in [0, 0.05) is 24.6 Å². The number of aromatic amines is 1. The van der Waals surface area contributed by atoms with Crippen LogP contribution < -0.4 is 10.5 Å². The monoisotopic (exact) mass is 323 g/mol. The number of rotatable bonds is 2. The van der Waals surface area contributed by atoms with Crippen molar-refractivity contribution in [2.45, 2.75) is 13.0 Å². The van der Waals surface area contributed by atoms with Gasteiger partial charge in [-0.2, -0.15) is 0 Å². The molecule has 0 saturated carbocycles. The molecule has 0 aromatic carbocycles. The standard InChI is InChI=1S/C17H17N5O2/c1-11-8-12(2-5-19-11)15-10-22(6-7-24-15)17-20-14-9-18-4-3-13(14)16(23)21-17/h2-5,8-9,15H,6-7,10H2,1H3,(H,20,21,23). The minimum atomic E-state index is -0.153. The van der Waals surface area contributed by atoms with Crippen molar-refractivity contribution in [2.24, 2.45) is 0 Å². The van der Waals surface area contributed by atoms with Crippen LogP contribution in [-0.2, 0) is 4.74 Å². The number of H-pyrrole nitrogens is 1. The second kappa shape index (κ2) is 6.01. The van der Waals surface area contributed by atoms with Gasteiger partial charge in [-0.05, 0) is 30.7 Å². The summed E-state index contributed by atoms with van der Waals surface area (Å²) in [5, 5.41) is 0.545. The van der Waals surface area contributed by atoms with E-state index >= 15 is 0 Å². The number of aromatic nitrogens is 4. The summed E-state index contributed by atoms with van der Waals surface area (Å²) in [6, 6.07) is 5.66. The highest BCUT2D eigenvalue weighted by Gasteiger charge is 2.24. The van der Waals surface area contributed by atoms with Crippen molar-refractivity contribution in [1.29, 1.82) is 0 Å². The fraction of sp³-hybridized carbons (Fsp3) is 0.294. The Balaban J connectivity index is 1.66. The van der Waals surface area contributed by atoms with Crippen LogP contribution in [-0.4, -0.2) is 39.6 Å². The van der Waals surface area contributed by atoms with Crippen molar-refractivity contribution in [3.63, 3.8) is 0 Å². The van der Waals surface area contributed by atoms with E-state index in [4.69, 9.17) is 4.74 Å². The van der Waals surface area contributed by atoms with E-state index in [1.54, 1.807) is 24.7 Å². The zero-order chi connectivity index (χ0) is 16.5. The van der Waals surface area contributed by atoms with Crippen LogP contribution in [0.3, 0.4) is 0 Å². The van der Waals surface area contributed by atoms with Gasteiger partial charge in [0.1, 0.15) is 6.10 Å². The zero-order valence-corrected chi connectivity index (χ0v) is 13.3. The highest BCUT2D eigenvalue weighted by Crippen LogP contribution is 2.24. The lowest BCUT2D eigenvalue weighted by molar-refractivity contribution is 0.0391. The quantitative estimate of drug-likeness (QED) is 0.771. The predicted octanol–water partition coefficient (Wildman–Crippen LogP) is 1.60. The number of pyridine rings is 2. The summed E-state index contributed by atoms with van der Waals surface area (Å²) in [7, 11) is 0. The Bertz CT molecular complexity index is 939. The summed E-state index contributed by atoms with van der Waals surface area (Å²) in [5.74, 6) is 0.555. The molecule has 7 nitrogen and oxygen atoms in total. The number of fused-ring (bicyclic) bond motifs is 1. The van der Waals surface area contributed by atoms with E-state index in [0.29, 0.717) is 36.5 Å². The second-order valence-corrected chi connectivity index (χ2v) is 5.82. The minimum absolute atomic E-state index is 0.0738. The first-order valence-corrected chi connectivity index (χ1v) is 7.84. The molecule has 122 valence electrons. The lowest BCUT2D eigenvalue weighted by atomic mass is 10.1. The van der Waals surface area contributed by atoms with Crippen LogP contribution in [0.4, 0.5) is 5.95 Å². The van der Waals surface area contributed by atoms with Gasteiger partial charge >= 0.3 is 0 Å². The van der Waals surface area contributed by atoms with Gasteiger partial charge in [0.2, 0.25) is 5.95 Å². The fourth-order valence-electron chi connectivity index (χ4n) is 2.94. The molecule has 1 fully saturated rings. The van der Waals surface area contributed by atoms with Crippen molar-refractivity contribution in [3.8, 4) is 0 Å². The van der Waals surface area contributed by atoms with Crippen LogP contribution in [0, 0.1) is 6.92 Å². The van der Waals surface area contributed by atoms with Crippen LogP contribution >= 0.6 is 0 Å². The molecular weight excluding hydrogens is 306 g/mol. The Morgan fingerprint density at radius 2 is 2.25 bits per heavy atom. The van der Waals surface area contributed by atoms with Crippen LogP contribution in [0.25, 0.3) is 10.9 Å². The molecule has 4 rings (SSSR count). The lowest BCUT2D eigenvalue weighted by Crippen LogP contribution is -2.40. The molecule has 3 aromatic rings. The van der Waals surface area contributed by atoms with Gasteiger partial charge in [0.25, 0.3) is 5.56 Å². The van der Waals surface area contributed by atoms with E-state index in [9.17, 15) is 4.79 Å². The molecule has 0 aliphatic carbocycles. The summed E-state index contributed by atoms with van der Waals surface area (Å²) < 4.78 is 5.89. The summed E-state index contributed by atoms with van der Waals surface area (Å²) >= 11 is 0. The third kappa shape index (κ3) is 2.74. The number of morpholine rings is 1. The Morgan fingerprint density at radius 1 is 1.33 bits per heavy atom. The molecule has 1 aliphatic rings. The topological polar surface area (TPSA) is 84.0 Å². The van der Waals surface area contributed by atoms with Gasteiger partial charge in [-0.15, -0.1) is 0 Å². The first kappa shape index (κ1) is 14.8. The number of nitrogens with zero attached hydrogens (tertiary/aromatic N) is 4. The van der Waals surface area contributed by atoms with Crippen molar-refractivity contribution in [1.82, 2.24) is 19.9 Å². The first-order valence-electron chi connectivity index (χ1n) is 7.84. The van der Waals surface area contributed by atoms with E-state index in [-0.39, 0.29) is 11.7 Å². The highest BCUT2D eigenvalue weighted by atomic mass is 16.5. The number of nitrogens with one attached hydrogen (secondary N) is 1. The average Bonchev–Trinajstić information content (AvgIpc) is 2.62. The molecule has 0 spiro atoms. The number of hydrogen-bond acceptors (Lipinski definition) is 6. The fourth-order valence-corrected chi connectivity index (χ4v) is 2.94. The largest absolute Gasteiger partial charge is 0.370 e. The molecule has 0 bridgehead atoms. The molecule has 0 amide bonds.